The summed E-state index contributed by atoms with van der Waals surface area (Å²) in [7, 11) is 0. The van der Waals surface area contributed by atoms with Gasteiger partial charge in [0.05, 0.1) is 17.2 Å². The monoisotopic (exact) mass is 503 g/mol. The molecule has 2 N–H and O–H groups in total. The Hall–Kier alpha value is -3.27. The highest BCUT2D eigenvalue weighted by Gasteiger charge is 2.35. The van der Waals surface area contributed by atoms with Gasteiger partial charge in [-0.25, -0.2) is 9.97 Å². The normalized spacial score (nSPS) is 18.2. The predicted molar refractivity (Wildman–Crippen MR) is 127 cm³/mol. The van der Waals surface area contributed by atoms with Crippen molar-refractivity contribution < 1.29 is 27.8 Å². The number of benzene rings is 1. The molecule has 0 unspecified atom stereocenters. The minimum Gasteiger partial charge on any atom is -0.481 e. The van der Waals surface area contributed by atoms with Gasteiger partial charge >= 0.3 is 12.1 Å². The molecule has 0 bridgehead atoms. The molecule has 3 aromatic rings. The van der Waals surface area contributed by atoms with Crippen molar-refractivity contribution in [2.24, 2.45) is 5.92 Å². The van der Waals surface area contributed by atoms with Crippen LogP contribution in [-0.4, -0.2) is 27.1 Å². The maximum atomic E-state index is 13.6. The Bertz CT molecular complexity index is 1200. The average Bonchev–Trinajstić information content (AvgIpc) is 2.83. The van der Waals surface area contributed by atoms with Gasteiger partial charge < -0.3 is 14.6 Å². The summed E-state index contributed by atoms with van der Waals surface area (Å²) in [6.45, 7) is 1.75. The molecule has 4 rings (SSSR count). The van der Waals surface area contributed by atoms with Gasteiger partial charge in [-0.2, -0.15) is 13.2 Å². The van der Waals surface area contributed by atoms with Crippen molar-refractivity contribution in [2.75, 3.05) is 4.72 Å². The van der Waals surface area contributed by atoms with E-state index in [0.717, 1.165) is 18.0 Å². The number of hydrogen-bond donors (Lipinski definition) is 2. The molecule has 1 fully saturated rings. The molecule has 0 amide bonds. The van der Waals surface area contributed by atoms with Gasteiger partial charge in [0.25, 0.3) is 0 Å². The molecule has 0 radical (unpaired) electrons. The van der Waals surface area contributed by atoms with E-state index in [2.05, 4.69) is 14.7 Å². The predicted octanol–water partition coefficient (Wildman–Crippen LogP) is 6.61. The van der Waals surface area contributed by atoms with Gasteiger partial charge in [0.2, 0.25) is 5.88 Å². The van der Waals surface area contributed by atoms with Crippen LogP contribution in [0.1, 0.15) is 36.8 Å². The molecule has 2 heterocycles. The largest absolute Gasteiger partial charge is 0.481 e. The number of aliphatic carboxylic acids is 1. The second-order valence-corrected chi connectivity index (χ2v) is 9.18. The van der Waals surface area contributed by atoms with Gasteiger partial charge in [0.1, 0.15) is 16.9 Å². The minimum atomic E-state index is -4.53. The van der Waals surface area contributed by atoms with Crippen LogP contribution in [0, 0.1) is 12.8 Å². The van der Waals surface area contributed by atoms with E-state index in [-0.39, 0.29) is 23.5 Å². The molecule has 0 spiro atoms. The summed E-state index contributed by atoms with van der Waals surface area (Å²) >= 11 is 1.11. The van der Waals surface area contributed by atoms with Crippen LogP contribution in [0.15, 0.2) is 59.6 Å². The molecular formula is C25H24F3N3O3S. The summed E-state index contributed by atoms with van der Waals surface area (Å²) in [6.07, 6.45) is -2.21. The molecule has 1 aliphatic carbocycles. The quantitative estimate of drug-likeness (QED) is 0.351. The van der Waals surface area contributed by atoms with Crippen LogP contribution in [0.4, 0.5) is 19.0 Å². The van der Waals surface area contributed by atoms with E-state index in [9.17, 15) is 18.0 Å². The summed E-state index contributed by atoms with van der Waals surface area (Å²) in [4.78, 5) is 19.8. The van der Waals surface area contributed by atoms with E-state index in [1.165, 1.54) is 6.07 Å². The fourth-order valence-corrected chi connectivity index (χ4v) is 4.62. The zero-order chi connectivity index (χ0) is 25.0. The maximum absolute atomic E-state index is 13.6. The van der Waals surface area contributed by atoms with Gasteiger partial charge in [-0.3, -0.25) is 4.79 Å². The third-order valence-corrected chi connectivity index (χ3v) is 6.62. The molecule has 0 saturated heterocycles. The standard InChI is InChI=1S/C25H24F3N3O3S/c1-15-5-2-3-6-18(15)23-19(25(26,27)28)13-14-20(29-23)31-35-22-8-4-7-21(30-22)34-17-11-9-16(10-12-17)24(32)33/h2-8,13-14,16-17H,9-12H2,1H3,(H,29,31)(H,32,33). The molecule has 1 aromatic carbocycles. The van der Waals surface area contributed by atoms with Crippen LogP contribution < -0.4 is 9.46 Å². The number of ether oxygens (including phenoxy) is 1. The lowest BCUT2D eigenvalue weighted by atomic mass is 9.87. The number of pyridine rings is 2. The average molecular weight is 504 g/mol. The van der Waals surface area contributed by atoms with E-state index >= 15 is 0 Å². The number of rotatable bonds is 7. The van der Waals surface area contributed by atoms with Gasteiger partial charge in [-0.15, -0.1) is 0 Å². The zero-order valence-corrected chi connectivity index (χ0v) is 19.7. The highest BCUT2D eigenvalue weighted by atomic mass is 32.2. The Labute approximate surface area is 205 Å². The fraction of sp³-hybridized carbons (Fsp3) is 0.320. The number of anilines is 1. The lowest BCUT2D eigenvalue weighted by Gasteiger charge is -2.26. The van der Waals surface area contributed by atoms with E-state index < -0.39 is 17.7 Å². The van der Waals surface area contributed by atoms with Crippen molar-refractivity contribution in [3.8, 4) is 17.1 Å². The zero-order valence-electron chi connectivity index (χ0n) is 18.9. The van der Waals surface area contributed by atoms with Crippen LogP contribution in [0.25, 0.3) is 11.3 Å². The minimum absolute atomic E-state index is 0.0976. The van der Waals surface area contributed by atoms with Crippen LogP contribution in [-0.2, 0) is 11.0 Å². The first-order chi connectivity index (χ1) is 16.7. The van der Waals surface area contributed by atoms with Gasteiger partial charge in [0.15, 0.2) is 0 Å². The highest BCUT2D eigenvalue weighted by molar-refractivity contribution is 8.00. The third kappa shape index (κ3) is 6.25. The summed E-state index contributed by atoms with van der Waals surface area (Å²) in [6, 6.07) is 14.4. The van der Waals surface area contributed by atoms with Crippen molar-refractivity contribution in [1.29, 1.82) is 0 Å². The number of carboxylic acids is 1. The summed E-state index contributed by atoms with van der Waals surface area (Å²) in [5.74, 6) is -0.416. The number of aromatic nitrogens is 2. The fourth-order valence-electron chi connectivity index (χ4n) is 4.01. The van der Waals surface area contributed by atoms with Crippen molar-refractivity contribution in [3.63, 3.8) is 0 Å². The van der Waals surface area contributed by atoms with Crippen molar-refractivity contribution in [2.45, 2.75) is 49.9 Å². The first-order valence-electron chi connectivity index (χ1n) is 11.1. The number of hydrogen-bond acceptors (Lipinski definition) is 6. The number of nitrogens with one attached hydrogen (secondary N) is 1. The molecule has 184 valence electrons. The van der Waals surface area contributed by atoms with Crippen LogP contribution in [0.3, 0.4) is 0 Å². The van der Waals surface area contributed by atoms with Crippen LogP contribution in [0.5, 0.6) is 5.88 Å². The molecule has 10 heteroatoms. The third-order valence-electron chi connectivity index (χ3n) is 5.87. The topological polar surface area (TPSA) is 84.3 Å². The van der Waals surface area contributed by atoms with Gasteiger partial charge in [-0.05, 0) is 56.4 Å². The lowest BCUT2D eigenvalue weighted by molar-refractivity contribution is -0.143. The SMILES string of the molecule is Cc1ccccc1-c1nc(NSc2cccc(OC3CCC(C(=O)O)CC3)n2)ccc1C(F)(F)F. The van der Waals surface area contributed by atoms with E-state index in [1.807, 2.05) is 0 Å². The summed E-state index contributed by atoms with van der Waals surface area (Å²) in [5.41, 5.74) is 0.176. The number of halogens is 3. The Morgan fingerprint density at radius 1 is 1.03 bits per heavy atom. The number of aryl methyl sites for hydroxylation is 1. The number of nitrogens with zero attached hydrogens (tertiary/aromatic N) is 2. The highest BCUT2D eigenvalue weighted by Crippen LogP contribution is 2.38. The molecule has 2 aromatic heterocycles. The van der Waals surface area contributed by atoms with Crippen molar-refractivity contribution in [3.05, 3.63) is 65.7 Å². The van der Waals surface area contributed by atoms with E-state index in [1.54, 1.807) is 49.4 Å². The number of alkyl halides is 3. The lowest BCUT2D eigenvalue weighted by Crippen LogP contribution is -2.28. The Balaban J connectivity index is 1.46. The van der Waals surface area contributed by atoms with Gasteiger partial charge in [0, 0.05) is 23.6 Å². The van der Waals surface area contributed by atoms with Crippen LogP contribution in [0.2, 0.25) is 0 Å². The number of carboxylic acid groups (broad SMARTS) is 1. The first kappa shape index (κ1) is 24.8. The molecule has 0 atom stereocenters. The van der Waals surface area contributed by atoms with Crippen LogP contribution >= 0.6 is 11.9 Å². The Morgan fingerprint density at radius 3 is 2.46 bits per heavy atom. The maximum Gasteiger partial charge on any atom is 0.418 e. The van der Waals surface area contributed by atoms with E-state index in [0.29, 0.717) is 47.7 Å². The molecule has 1 aliphatic rings. The Morgan fingerprint density at radius 2 is 1.77 bits per heavy atom. The van der Waals surface area contributed by atoms with Gasteiger partial charge in [-0.1, -0.05) is 30.3 Å². The van der Waals surface area contributed by atoms with E-state index in [4.69, 9.17) is 9.84 Å². The molecular weight excluding hydrogens is 479 g/mol. The van der Waals surface area contributed by atoms with Crippen molar-refractivity contribution >= 4 is 23.7 Å². The second-order valence-electron chi connectivity index (χ2n) is 8.35. The summed E-state index contributed by atoms with van der Waals surface area (Å²) < 4.78 is 49.8. The summed E-state index contributed by atoms with van der Waals surface area (Å²) in [5, 5.41) is 9.69. The number of carbonyl (C=O) groups is 1. The Kier molecular flexibility index (Phi) is 7.49. The molecule has 6 nitrogen and oxygen atoms in total. The molecule has 1 saturated carbocycles. The first-order valence-corrected chi connectivity index (χ1v) is 12.0. The van der Waals surface area contributed by atoms with Crippen molar-refractivity contribution in [1.82, 2.24) is 9.97 Å². The smallest absolute Gasteiger partial charge is 0.418 e. The molecule has 0 aliphatic heterocycles. The second kappa shape index (κ2) is 10.6. The molecule has 35 heavy (non-hydrogen) atoms.